The first-order valence-electron chi connectivity index (χ1n) is 15.2. The van der Waals surface area contributed by atoms with E-state index in [1.54, 1.807) is 0 Å². The highest BCUT2D eigenvalue weighted by Crippen LogP contribution is 2.37. The Morgan fingerprint density at radius 3 is 2.39 bits per heavy atom. The van der Waals surface area contributed by atoms with Crippen molar-refractivity contribution in [3.8, 4) is 22.4 Å². The maximum absolute atomic E-state index is 13.2. The molecule has 216 valence electrons. The smallest absolute Gasteiger partial charge is 0.240 e. The number of carbonyl (C=O) groups excluding carboxylic acids is 1. The molecule has 0 saturated carbocycles. The Bertz CT molecular complexity index is 1380. The average molecular weight is 554 g/mol. The van der Waals surface area contributed by atoms with E-state index in [-0.39, 0.29) is 30.1 Å². The molecule has 8 heteroatoms. The van der Waals surface area contributed by atoms with Crippen LogP contribution in [0.15, 0.2) is 59.7 Å². The van der Waals surface area contributed by atoms with E-state index in [0.717, 1.165) is 55.3 Å². The molecule has 0 bridgehead atoms. The molecule has 2 aromatic carbocycles. The third kappa shape index (κ3) is 5.43. The fourth-order valence-electron chi connectivity index (χ4n) is 6.74. The number of carbonyl (C=O) groups is 1. The number of imidazole rings is 1. The second-order valence-electron chi connectivity index (χ2n) is 11.8. The summed E-state index contributed by atoms with van der Waals surface area (Å²) in [5.74, 6) is 2.17. The molecule has 8 nitrogen and oxygen atoms in total. The summed E-state index contributed by atoms with van der Waals surface area (Å²) < 4.78 is 0. The zero-order chi connectivity index (χ0) is 28.5. The van der Waals surface area contributed by atoms with Crippen LogP contribution in [-0.4, -0.2) is 76.8 Å². The molecule has 1 aromatic heterocycles. The summed E-state index contributed by atoms with van der Waals surface area (Å²) in [5, 5.41) is 6.67. The molecular formula is C33H43N7O. The van der Waals surface area contributed by atoms with Gasteiger partial charge in [0.25, 0.3) is 0 Å². The molecule has 6 rings (SSSR count). The number of hydrogen-bond acceptors (Lipinski definition) is 6. The van der Waals surface area contributed by atoms with E-state index in [9.17, 15) is 4.79 Å². The summed E-state index contributed by atoms with van der Waals surface area (Å²) in [7, 11) is 4.03. The molecular weight excluding hydrogens is 510 g/mol. The average Bonchev–Trinajstić information content (AvgIpc) is 3.82. The maximum Gasteiger partial charge on any atom is 0.240 e. The van der Waals surface area contributed by atoms with Crippen LogP contribution in [0.4, 0.5) is 0 Å². The second kappa shape index (κ2) is 11.8. The number of nitrogens with one attached hydrogen (secondary N) is 3. The van der Waals surface area contributed by atoms with Crippen molar-refractivity contribution < 1.29 is 4.79 Å². The van der Waals surface area contributed by atoms with E-state index in [0.29, 0.717) is 6.04 Å². The van der Waals surface area contributed by atoms with Crippen molar-refractivity contribution in [3.63, 3.8) is 0 Å². The number of likely N-dealkylation sites (N-methyl/N-ethyl adjacent to an activating group) is 2. The van der Waals surface area contributed by atoms with E-state index in [1.807, 2.05) is 20.2 Å². The highest BCUT2D eigenvalue weighted by atomic mass is 16.2. The topological polar surface area (TPSA) is 88.7 Å². The minimum Gasteiger partial charge on any atom is -0.370 e. The molecule has 0 aliphatic carbocycles. The largest absolute Gasteiger partial charge is 0.370 e. The van der Waals surface area contributed by atoms with Crippen molar-refractivity contribution in [1.82, 2.24) is 30.4 Å². The molecule has 3 aliphatic rings. The molecule has 41 heavy (non-hydrogen) atoms. The molecule has 3 aromatic rings. The molecule has 5 atom stereocenters. The zero-order valence-corrected chi connectivity index (χ0v) is 24.7. The Kier molecular flexibility index (Phi) is 7.95. The van der Waals surface area contributed by atoms with E-state index in [4.69, 9.17) is 9.98 Å². The first-order valence-corrected chi connectivity index (χ1v) is 15.2. The number of likely N-dealkylation sites (tertiary alicyclic amines) is 2. The van der Waals surface area contributed by atoms with Crippen molar-refractivity contribution in [2.24, 2.45) is 4.99 Å². The molecule has 3 N–H and O–H groups in total. The van der Waals surface area contributed by atoms with E-state index >= 15 is 0 Å². The lowest BCUT2D eigenvalue weighted by atomic mass is 10.00. The van der Waals surface area contributed by atoms with Crippen LogP contribution in [-0.2, 0) is 4.79 Å². The van der Waals surface area contributed by atoms with Gasteiger partial charge in [0.2, 0.25) is 5.91 Å². The maximum atomic E-state index is 13.2. The number of amidine groups is 1. The summed E-state index contributed by atoms with van der Waals surface area (Å²) in [6, 6.07) is 18.1. The lowest BCUT2D eigenvalue weighted by Crippen LogP contribution is -2.46. The molecule has 1 amide bonds. The summed E-state index contributed by atoms with van der Waals surface area (Å²) in [5.41, 5.74) is 5.70. The van der Waals surface area contributed by atoms with Crippen molar-refractivity contribution in [2.45, 2.75) is 76.2 Å². The first kappa shape index (κ1) is 27.7. The molecule has 2 saturated heterocycles. The van der Waals surface area contributed by atoms with E-state index in [2.05, 4.69) is 87.9 Å². The van der Waals surface area contributed by atoms with Gasteiger partial charge < -0.3 is 20.5 Å². The number of aromatic nitrogens is 2. The van der Waals surface area contributed by atoms with Crippen LogP contribution in [0.2, 0.25) is 0 Å². The molecule has 4 heterocycles. The number of aromatic amines is 1. The number of benzene rings is 2. The fraction of sp³-hybridized carbons (Fsp3) is 0.485. The van der Waals surface area contributed by atoms with Gasteiger partial charge in [-0.1, -0.05) is 55.5 Å². The Morgan fingerprint density at radius 2 is 1.73 bits per heavy atom. The van der Waals surface area contributed by atoms with E-state index < -0.39 is 0 Å². The lowest BCUT2D eigenvalue weighted by Gasteiger charge is -2.31. The van der Waals surface area contributed by atoms with Gasteiger partial charge in [0.1, 0.15) is 11.7 Å². The van der Waals surface area contributed by atoms with Gasteiger partial charge in [0, 0.05) is 12.6 Å². The van der Waals surface area contributed by atoms with Gasteiger partial charge in [-0.2, -0.15) is 0 Å². The summed E-state index contributed by atoms with van der Waals surface area (Å²) >= 11 is 0. The molecule has 1 unspecified atom stereocenters. The molecule has 0 spiro atoms. The summed E-state index contributed by atoms with van der Waals surface area (Å²) in [4.78, 5) is 30.9. The van der Waals surface area contributed by atoms with Gasteiger partial charge in [0.15, 0.2) is 0 Å². The summed E-state index contributed by atoms with van der Waals surface area (Å²) in [6.07, 6.45) is 7.24. The van der Waals surface area contributed by atoms with Crippen LogP contribution in [0.3, 0.4) is 0 Å². The van der Waals surface area contributed by atoms with Gasteiger partial charge in [-0.15, -0.1) is 0 Å². The quantitative estimate of drug-likeness (QED) is 0.368. The van der Waals surface area contributed by atoms with Crippen LogP contribution in [0.5, 0.6) is 0 Å². The van der Waals surface area contributed by atoms with Crippen LogP contribution in [0.1, 0.15) is 69.4 Å². The minimum absolute atomic E-state index is 0.00987. The third-order valence-electron chi connectivity index (χ3n) is 9.38. The Morgan fingerprint density at radius 1 is 1.02 bits per heavy atom. The first-order chi connectivity index (χ1) is 20.0. The predicted octanol–water partition coefficient (Wildman–Crippen LogP) is 4.93. The number of hydrogen-bond donors (Lipinski definition) is 3. The Labute approximate surface area is 243 Å². The number of H-pyrrole nitrogens is 1. The van der Waals surface area contributed by atoms with Crippen LogP contribution < -0.4 is 10.6 Å². The summed E-state index contributed by atoms with van der Waals surface area (Å²) in [6.45, 7) is 6.12. The number of amides is 1. The highest BCUT2D eigenvalue weighted by Gasteiger charge is 2.39. The number of aliphatic imine (C=N–C) groups is 1. The molecule has 2 fully saturated rings. The zero-order valence-electron chi connectivity index (χ0n) is 24.7. The number of nitrogens with zero attached hydrogens (tertiary/aromatic N) is 4. The van der Waals surface area contributed by atoms with Gasteiger partial charge in [-0.3, -0.25) is 14.7 Å². The minimum atomic E-state index is -0.209. The van der Waals surface area contributed by atoms with E-state index in [1.165, 1.54) is 29.5 Å². The standard InChI is InChI=1S/C33H43N7O/c1-5-26-16-17-30(40(26)33(41)21(2)34-3)32-36-20-28(38-32)25-14-10-23(11-15-25)22-8-12-24(13-9-22)27-19-35-31(37-27)29-7-6-18-39(29)4/h8-15,20-21,26-27,29-30,34H,5-7,16-19H2,1-4H3,(H,35,37)(H,36,38)/t21-,26+,27?,29-,30-/m0/s1. The predicted molar refractivity (Wildman–Crippen MR) is 165 cm³/mol. The fourth-order valence-corrected chi connectivity index (χ4v) is 6.74. The Hall–Kier alpha value is -3.49. The van der Waals surface area contributed by atoms with Crippen molar-refractivity contribution >= 4 is 11.7 Å². The second-order valence-corrected chi connectivity index (χ2v) is 11.8. The van der Waals surface area contributed by atoms with Crippen LogP contribution >= 0.6 is 0 Å². The van der Waals surface area contributed by atoms with Gasteiger partial charge in [-0.05, 0) is 81.9 Å². The van der Waals surface area contributed by atoms with Gasteiger partial charge >= 0.3 is 0 Å². The molecule has 0 radical (unpaired) electrons. The molecule has 3 aliphatic heterocycles. The normalized spacial score (nSPS) is 25.4. The highest BCUT2D eigenvalue weighted by molar-refractivity contribution is 5.89. The van der Waals surface area contributed by atoms with Crippen LogP contribution in [0.25, 0.3) is 22.4 Å². The monoisotopic (exact) mass is 553 g/mol. The van der Waals surface area contributed by atoms with Crippen molar-refractivity contribution in [3.05, 3.63) is 66.1 Å². The van der Waals surface area contributed by atoms with Crippen molar-refractivity contribution in [2.75, 3.05) is 27.2 Å². The van der Waals surface area contributed by atoms with Gasteiger partial charge in [-0.25, -0.2) is 4.98 Å². The van der Waals surface area contributed by atoms with Gasteiger partial charge in [0.05, 0.1) is 36.1 Å². The van der Waals surface area contributed by atoms with Crippen LogP contribution in [0, 0.1) is 0 Å². The third-order valence-corrected chi connectivity index (χ3v) is 9.38. The van der Waals surface area contributed by atoms with Crippen molar-refractivity contribution in [1.29, 1.82) is 0 Å². The lowest BCUT2D eigenvalue weighted by molar-refractivity contribution is -0.136. The number of rotatable bonds is 8. The Balaban J connectivity index is 1.14. The SMILES string of the molecule is CC[C@@H]1CC[C@@H](c2ncc(-c3ccc(-c4ccc(C5CNC([C@@H]6CCCN6C)=N5)cc4)cc3)[nH]2)N1C(=O)[C@H](C)NC.